The van der Waals surface area contributed by atoms with Crippen molar-refractivity contribution in [3.05, 3.63) is 29.8 Å². The molecule has 110 valence electrons. The summed E-state index contributed by atoms with van der Waals surface area (Å²) >= 11 is 0. The number of anilines is 1. The SMILES string of the molecule is CCNCCC(=O)Nc1ccc(C(=O)NCCO)cc1. The summed E-state index contributed by atoms with van der Waals surface area (Å²) in [5.74, 6) is -0.312. The van der Waals surface area contributed by atoms with Crippen LogP contribution in [0.3, 0.4) is 0 Å². The molecule has 6 nitrogen and oxygen atoms in total. The number of benzene rings is 1. The Bertz CT molecular complexity index is 432. The summed E-state index contributed by atoms with van der Waals surface area (Å²) in [6.07, 6.45) is 0.409. The molecular formula is C14H21N3O3. The molecule has 1 aromatic carbocycles. The third kappa shape index (κ3) is 5.81. The number of hydrogen-bond acceptors (Lipinski definition) is 4. The highest BCUT2D eigenvalue weighted by atomic mass is 16.3. The van der Waals surface area contributed by atoms with Crippen molar-refractivity contribution in [1.82, 2.24) is 10.6 Å². The van der Waals surface area contributed by atoms with Gasteiger partial charge in [0.05, 0.1) is 6.61 Å². The predicted octanol–water partition coefficient (Wildman–Crippen LogP) is 0.347. The second kappa shape index (κ2) is 9.06. The molecule has 0 bridgehead atoms. The zero-order chi connectivity index (χ0) is 14.8. The van der Waals surface area contributed by atoms with Crippen molar-refractivity contribution in [2.45, 2.75) is 13.3 Å². The molecule has 0 aliphatic rings. The van der Waals surface area contributed by atoms with Crippen LogP contribution in [0.1, 0.15) is 23.7 Å². The van der Waals surface area contributed by atoms with Gasteiger partial charge in [0.15, 0.2) is 0 Å². The maximum Gasteiger partial charge on any atom is 0.251 e. The zero-order valence-corrected chi connectivity index (χ0v) is 11.6. The van der Waals surface area contributed by atoms with E-state index >= 15 is 0 Å². The zero-order valence-electron chi connectivity index (χ0n) is 11.6. The lowest BCUT2D eigenvalue weighted by atomic mass is 10.2. The molecule has 0 heterocycles. The molecule has 6 heteroatoms. The Morgan fingerprint density at radius 3 is 2.45 bits per heavy atom. The minimum atomic E-state index is -0.246. The Morgan fingerprint density at radius 1 is 1.15 bits per heavy atom. The fourth-order valence-electron chi connectivity index (χ4n) is 1.58. The number of amides is 2. The van der Waals surface area contributed by atoms with Crippen LogP contribution in [-0.4, -0.2) is 43.2 Å². The van der Waals surface area contributed by atoms with Gasteiger partial charge in [-0.2, -0.15) is 0 Å². The first kappa shape index (κ1) is 16.1. The van der Waals surface area contributed by atoms with E-state index in [2.05, 4.69) is 16.0 Å². The summed E-state index contributed by atoms with van der Waals surface area (Å²) in [6.45, 7) is 3.60. The van der Waals surface area contributed by atoms with Gasteiger partial charge in [-0.25, -0.2) is 0 Å². The Balaban J connectivity index is 2.45. The van der Waals surface area contributed by atoms with E-state index in [0.717, 1.165) is 6.54 Å². The molecule has 0 saturated heterocycles. The monoisotopic (exact) mass is 279 g/mol. The molecule has 1 rings (SSSR count). The largest absolute Gasteiger partial charge is 0.395 e. The standard InChI is InChI=1S/C14H21N3O3/c1-2-15-8-7-13(19)17-12-5-3-11(4-6-12)14(20)16-9-10-18/h3-6,15,18H,2,7-10H2,1H3,(H,16,20)(H,17,19). The van der Waals surface area contributed by atoms with E-state index in [0.29, 0.717) is 24.2 Å². The highest BCUT2D eigenvalue weighted by Gasteiger charge is 2.05. The van der Waals surface area contributed by atoms with E-state index in [-0.39, 0.29) is 25.0 Å². The Labute approximate surface area is 118 Å². The normalized spacial score (nSPS) is 10.1. The van der Waals surface area contributed by atoms with E-state index in [1.54, 1.807) is 24.3 Å². The number of aliphatic hydroxyl groups excluding tert-OH is 1. The van der Waals surface area contributed by atoms with Crippen LogP contribution in [0.15, 0.2) is 24.3 Å². The second-order valence-electron chi connectivity index (χ2n) is 4.21. The summed E-state index contributed by atoms with van der Waals surface area (Å²) in [5.41, 5.74) is 1.15. The third-order valence-electron chi connectivity index (χ3n) is 2.61. The minimum absolute atomic E-state index is 0.0663. The van der Waals surface area contributed by atoms with Crippen molar-refractivity contribution in [3.8, 4) is 0 Å². The second-order valence-corrected chi connectivity index (χ2v) is 4.21. The first-order valence-electron chi connectivity index (χ1n) is 6.67. The van der Waals surface area contributed by atoms with Gasteiger partial charge < -0.3 is 21.1 Å². The maximum absolute atomic E-state index is 11.6. The molecule has 0 atom stereocenters. The summed E-state index contributed by atoms with van der Waals surface area (Å²) in [4.78, 5) is 23.2. The van der Waals surface area contributed by atoms with Crippen LogP contribution in [0.25, 0.3) is 0 Å². The van der Waals surface area contributed by atoms with Gasteiger partial charge in [-0.1, -0.05) is 6.92 Å². The van der Waals surface area contributed by atoms with E-state index in [1.807, 2.05) is 6.92 Å². The van der Waals surface area contributed by atoms with Crippen molar-refractivity contribution in [2.75, 3.05) is 31.6 Å². The van der Waals surface area contributed by atoms with Gasteiger partial charge in [0.25, 0.3) is 5.91 Å². The van der Waals surface area contributed by atoms with Crippen molar-refractivity contribution >= 4 is 17.5 Å². The van der Waals surface area contributed by atoms with Crippen LogP contribution in [0.5, 0.6) is 0 Å². The molecular weight excluding hydrogens is 258 g/mol. The fourth-order valence-corrected chi connectivity index (χ4v) is 1.58. The topological polar surface area (TPSA) is 90.5 Å². The van der Waals surface area contributed by atoms with Gasteiger partial charge >= 0.3 is 0 Å². The molecule has 0 unspecified atom stereocenters. The van der Waals surface area contributed by atoms with Gasteiger partial charge in [-0.3, -0.25) is 9.59 Å². The minimum Gasteiger partial charge on any atom is -0.395 e. The third-order valence-corrected chi connectivity index (χ3v) is 2.61. The summed E-state index contributed by atoms with van der Waals surface area (Å²) in [7, 11) is 0. The highest BCUT2D eigenvalue weighted by molar-refractivity contribution is 5.95. The van der Waals surface area contributed by atoms with Crippen LogP contribution in [0.4, 0.5) is 5.69 Å². The highest BCUT2D eigenvalue weighted by Crippen LogP contribution is 2.09. The average molecular weight is 279 g/mol. The molecule has 1 aromatic rings. The lowest BCUT2D eigenvalue weighted by molar-refractivity contribution is -0.116. The first-order valence-corrected chi connectivity index (χ1v) is 6.67. The summed E-state index contributed by atoms with van der Waals surface area (Å²) in [6, 6.07) is 6.62. The van der Waals surface area contributed by atoms with Crippen molar-refractivity contribution in [2.24, 2.45) is 0 Å². The van der Waals surface area contributed by atoms with E-state index in [9.17, 15) is 9.59 Å². The first-order chi connectivity index (χ1) is 9.67. The quantitative estimate of drug-likeness (QED) is 0.517. The van der Waals surface area contributed by atoms with E-state index < -0.39 is 0 Å². The molecule has 0 fully saturated rings. The fraction of sp³-hybridized carbons (Fsp3) is 0.429. The van der Waals surface area contributed by atoms with Crippen LogP contribution in [0, 0.1) is 0 Å². The number of nitrogens with one attached hydrogen (secondary N) is 3. The molecule has 0 aliphatic carbocycles. The average Bonchev–Trinajstić information content (AvgIpc) is 2.46. The van der Waals surface area contributed by atoms with Gasteiger partial charge in [-0.15, -0.1) is 0 Å². The van der Waals surface area contributed by atoms with Crippen LogP contribution in [-0.2, 0) is 4.79 Å². The summed E-state index contributed by atoms with van der Waals surface area (Å²) < 4.78 is 0. The lowest BCUT2D eigenvalue weighted by Gasteiger charge is -2.07. The number of rotatable bonds is 8. The van der Waals surface area contributed by atoms with E-state index in [1.165, 1.54) is 0 Å². The Kier molecular flexibility index (Phi) is 7.31. The molecule has 2 amide bonds. The lowest BCUT2D eigenvalue weighted by Crippen LogP contribution is -2.26. The predicted molar refractivity (Wildman–Crippen MR) is 77.7 cm³/mol. The molecule has 0 radical (unpaired) electrons. The van der Waals surface area contributed by atoms with Crippen molar-refractivity contribution < 1.29 is 14.7 Å². The van der Waals surface area contributed by atoms with Gasteiger partial charge in [0.2, 0.25) is 5.91 Å². The van der Waals surface area contributed by atoms with Crippen LogP contribution in [0.2, 0.25) is 0 Å². The van der Waals surface area contributed by atoms with Crippen LogP contribution < -0.4 is 16.0 Å². The van der Waals surface area contributed by atoms with Crippen molar-refractivity contribution in [3.63, 3.8) is 0 Å². The maximum atomic E-state index is 11.6. The van der Waals surface area contributed by atoms with Gasteiger partial charge in [-0.05, 0) is 30.8 Å². The van der Waals surface area contributed by atoms with Crippen molar-refractivity contribution in [1.29, 1.82) is 0 Å². The Morgan fingerprint density at radius 2 is 1.85 bits per heavy atom. The van der Waals surface area contributed by atoms with Crippen LogP contribution >= 0.6 is 0 Å². The van der Waals surface area contributed by atoms with Gasteiger partial charge in [0.1, 0.15) is 0 Å². The van der Waals surface area contributed by atoms with E-state index in [4.69, 9.17) is 5.11 Å². The number of hydrogen-bond donors (Lipinski definition) is 4. The Hall–Kier alpha value is -1.92. The molecule has 0 aliphatic heterocycles. The summed E-state index contributed by atoms with van der Waals surface area (Å²) in [5, 5.41) is 17.0. The smallest absolute Gasteiger partial charge is 0.251 e. The molecule has 20 heavy (non-hydrogen) atoms. The molecule has 0 aromatic heterocycles. The molecule has 0 saturated carbocycles. The number of aliphatic hydroxyl groups is 1. The number of carbonyl (C=O) groups is 2. The molecule has 4 N–H and O–H groups in total. The van der Waals surface area contributed by atoms with Gasteiger partial charge in [0, 0.05) is 30.8 Å². The molecule has 0 spiro atoms. The number of carbonyl (C=O) groups excluding carboxylic acids is 2.